The monoisotopic (exact) mass is 243 g/mol. The molecule has 0 saturated carbocycles. The van der Waals surface area contributed by atoms with Crippen molar-refractivity contribution in [3.63, 3.8) is 0 Å². The van der Waals surface area contributed by atoms with E-state index >= 15 is 0 Å². The quantitative estimate of drug-likeness (QED) is 0.867. The molecule has 18 heavy (non-hydrogen) atoms. The maximum absolute atomic E-state index is 10.2. The SMILES string of the molecule is CC(C)(C)NC[C@@H](O)c1ccc2ccccc2c1. The van der Waals surface area contributed by atoms with Gasteiger partial charge in [-0.1, -0.05) is 36.4 Å². The molecular weight excluding hydrogens is 222 g/mol. The van der Waals surface area contributed by atoms with Crippen LogP contribution in [0.3, 0.4) is 0 Å². The van der Waals surface area contributed by atoms with E-state index in [-0.39, 0.29) is 5.54 Å². The highest BCUT2D eigenvalue weighted by atomic mass is 16.3. The van der Waals surface area contributed by atoms with Crippen molar-refractivity contribution in [2.45, 2.75) is 32.4 Å². The van der Waals surface area contributed by atoms with Gasteiger partial charge in [-0.3, -0.25) is 0 Å². The van der Waals surface area contributed by atoms with Crippen molar-refractivity contribution in [1.29, 1.82) is 0 Å². The van der Waals surface area contributed by atoms with Crippen LogP contribution in [-0.4, -0.2) is 17.2 Å². The van der Waals surface area contributed by atoms with Crippen molar-refractivity contribution in [2.75, 3.05) is 6.54 Å². The van der Waals surface area contributed by atoms with Crippen LogP contribution in [0.4, 0.5) is 0 Å². The molecule has 0 aromatic heterocycles. The van der Waals surface area contributed by atoms with Gasteiger partial charge in [0.2, 0.25) is 0 Å². The van der Waals surface area contributed by atoms with Crippen LogP contribution in [0.2, 0.25) is 0 Å². The minimum Gasteiger partial charge on any atom is -0.387 e. The van der Waals surface area contributed by atoms with Gasteiger partial charge in [0, 0.05) is 12.1 Å². The maximum Gasteiger partial charge on any atom is 0.0914 e. The van der Waals surface area contributed by atoms with E-state index in [0.717, 1.165) is 5.56 Å². The van der Waals surface area contributed by atoms with Gasteiger partial charge >= 0.3 is 0 Å². The number of hydrogen-bond donors (Lipinski definition) is 2. The predicted octanol–water partition coefficient (Wildman–Crippen LogP) is 3.26. The maximum atomic E-state index is 10.2. The van der Waals surface area contributed by atoms with Crippen molar-refractivity contribution < 1.29 is 5.11 Å². The molecule has 1 atom stereocenters. The van der Waals surface area contributed by atoms with Crippen LogP contribution in [-0.2, 0) is 0 Å². The zero-order chi connectivity index (χ0) is 13.2. The fourth-order valence-electron chi connectivity index (χ4n) is 1.94. The Morgan fingerprint density at radius 3 is 2.39 bits per heavy atom. The van der Waals surface area contributed by atoms with Gasteiger partial charge in [-0.2, -0.15) is 0 Å². The van der Waals surface area contributed by atoms with Crippen molar-refractivity contribution >= 4 is 10.8 Å². The molecule has 0 bridgehead atoms. The first kappa shape index (κ1) is 13.1. The van der Waals surface area contributed by atoms with Crippen molar-refractivity contribution in [2.24, 2.45) is 0 Å². The van der Waals surface area contributed by atoms with Gasteiger partial charge in [0.05, 0.1) is 6.10 Å². The molecule has 0 spiro atoms. The van der Waals surface area contributed by atoms with Crippen LogP contribution in [0.5, 0.6) is 0 Å². The second kappa shape index (κ2) is 5.09. The molecule has 2 aromatic rings. The summed E-state index contributed by atoms with van der Waals surface area (Å²) in [6.45, 7) is 6.86. The summed E-state index contributed by atoms with van der Waals surface area (Å²) in [6.07, 6.45) is -0.464. The van der Waals surface area contributed by atoms with Crippen LogP contribution >= 0.6 is 0 Å². The molecular formula is C16H21NO. The largest absolute Gasteiger partial charge is 0.387 e. The lowest BCUT2D eigenvalue weighted by Gasteiger charge is -2.23. The Balaban J connectivity index is 2.15. The van der Waals surface area contributed by atoms with Gasteiger partial charge in [-0.25, -0.2) is 0 Å². The summed E-state index contributed by atoms with van der Waals surface area (Å²) in [4.78, 5) is 0. The predicted molar refractivity (Wildman–Crippen MR) is 76.7 cm³/mol. The molecule has 2 rings (SSSR count). The van der Waals surface area contributed by atoms with Gasteiger partial charge in [-0.15, -0.1) is 0 Å². The van der Waals surface area contributed by atoms with E-state index in [1.165, 1.54) is 10.8 Å². The summed E-state index contributed by atoms with van der Waals surface area (Å²) in [5.41, 5.74) is 0.989. The number of fused-ring (bicyclic) bond motifs is 1. The Hall–Kier alpha value is -1.38. The highest BCUT2D eigenvalue weighted by Crippen LogP contribution is 2.20. The van der Waals surface area contributed by atoms with Gasteiger partial charge in [-0.05, 0) is 43.2 Å². The summed E-state index contributed by atoms with van der Waals surface area (Å²) < 4.78 is 0. The first-order valence-corrected chi connectivity index (χ1v) is 6.37. The zero-order valence-electron chi connectivity index (χ0n) is 11.3. The Morgan fingerprint density at radius 1 is 1.06 bits per heavy atom. The Morgan fingerprint density at radius 2 is 1.72 bits per heavy atom. The molecule has 96 valence electrons. The first-order chi connectivity index (χ1) is 8.46. The third-order valence-corrected chi connectivity index (χ3v) is 2.98. The molecule has 2 nitrogen and oxygen atoms in total. The highest BCUT2D eigenvalue weighted by Gasteiger charge is 2.13. The molecule has 0 aliphatic carbocycles. The van der Waals surface area contributed by atoms with Crippen molar-refractivity contribution in [3.05, 3.63) is 48.0 Å². The number of rotatable bonds is 3. The Labute approximate surface area is 109 Å². The molecule has 0 fully saturated rings. The number of β-amino-alcohol motifs (C(OH)–C–C–N with tert-alkyl or cyclic N) is 1. The molecule has 0 aliphatic rings. The summed E-state index contributed by atoms with van der Waals surface area (Å²) >= 11 is 0. The lowest BCUT2D eigenvalue weighted by Crippen LogP contribution is -2.38. The van der Waals surface area contributed by atoms with Crippen molar-refractivity contribution in [3.8, 4) is 0 Å². The molecule has 0 saturated heterocycles. The standard InChI is InChI=1S/C16H21NO/c1-16(2,3)17-11-15(18)14-9-8-12-6-4-5-7-13(12)10-14/h4-10,15,17-18H,11H2,1-3H3/t15-/m1/s1. The van der Waals surface area contributed by atoms with Crippen LogP contribution in [0.25, 0.3) is 10.8 Å². The topological polar surface area (TPSA) is 32.3 Å². The lowest BCUT2D eigenvalue weighted by molar-refractivity contribution is 0.163. The smallest absolute Gasteiger partial charge is 0.0914 e. The molecule has 0 heterocycles. The van der Waals surface area contributed by atoms with Crippen LogP contribution in [0.15, 0.2) is 42.5 Å². The van der Waals surface area contributed by atoms with Crippen LogP contribution < -0.4 is 5.32 Å². The van der Waals surface area contributed by atoms with Crippen molar-refractivity contribution in [1.82, 2.24) is 5.32 Å². The number of nitrogens with one attached hydrogen (secondary N) is 1. The zero-order valence-corrected chi connectivity index (χ0v) is 11.3. The summed E-state index contributed by atoms with van der Waals surface area (Å²) in [7, 11) is 0. The molecule has 0 aliphatic heterocycles. The van der Waals surface area contributed by atoms with E-state index in [9.17, 15) is 5.11 Å². The summed E-state index contributed by atoms with van der Waals surface area (Å²) in [5, 5.41) is 15.9. The number of benzene rings is 2. The number of aliphatic hydroxyl groups excluding tert-OH is 1. The van der Waals surface area contributed by atoms with Crippen LogP contribution in [0, 0.1) is 0 Å². The average molecular weight is 243 g/mol. The molecule has 0 radical (unpaired) electrons. The minimum absolute atomic E-state index is 0.0256. The third-order valence-electron chi connectivity index (χ3n) is 2.98. The average Bonchev–Trinajstić information content (AvgIpc) is 2.34. The van der Waals surface area contributed by atoms with Gasteiger partial charge in [0.25, 0.3) is 0 Å². The van der Waals surface area contributed by atoms with E-state index < -0.39 is 6.10 Å². The first-order valence-electron chi connectivity index (χ1n) is 6.37. The molecule has 2 heteroatoms. The Kier molecular flexibility index (Phi) is 3.69. The minimum atomic E-state index is -0.464. The fraction of sp³-hybridized carbons (Fsp3) is 0.375. The molecule has 0 amide bonds. The van der Waals surface area contributed by atoms with E-state index in [4.69, 9.17) is 0 Å². The van der Waals surface area contributed by atoms with E-state index in [2.05, 4.69) is 50.4 Å². The number of hydrogen-bond acceptors (Lipinski definition) is 2. The normalized spacial score (nSPS) is 13.8. The summed E-state index contributed by atoms with van der Waals surface area (Å²) in [6, 6.07) is 14.3. The lowest BCUT2D eigenvalue weighted by atomic mass is 10.0. The third kappa shape index (κ3) is 3.31. The highest BCUT2D eigenvalue weighted by molar-refractivity contribution is 5.83. The van der Waals surface area contributed by atoms with E-state index in [1.54, 1.807) is 0 Å². The Bertz CT molecular complexity index is 528. The van der Waals surface area contributed by atoms with Crippen LogP contribution in [0.1, 0.15) is 32.4 Å². The summed E-state index contributed by atoms with van der Waals surface area (Å²) in [5.74, 6) is 0. The molecule has 0 unspecified atom stereocenters. The van der Waals surface area contributed by atoms with E-state index in [0.29, 0.717) is 6.54 Å². The number of aliphatic hydroxyl groups is 1. The molecule has 2 N–H and O–H groups in total. The van der Waals surface area contributed by atoms with Gasteiger partial charge in [0.1, 0.15) is 0 Å². The van der Waals surface area contributed by atoms with Gasteiger partial charge < -0.3 is 10.4 Å². The second-order valence-electron chi connectivity index (χ2n) is 5.75. The van der Waals surface area contributed by atoms with Gasteiger partial charge in [0.15, 0.2) is 0 Å². The van der Waals surface area contributed by atoms with E-state index in [1.807, 2.05) is 18.2 Å². The molecule has 2 aromatic carbocycles. The second-order valence-corrected chi connectivity index (χ2v) is 5.75. The fourth-order valence-corrected chi connectivity index (χ4v) is 1.94.